The van der Waals surface area contributed by atoms with Crippen molar-refractivity contribution >= 4 is 28.7 Å². The number of benzene rings is 2. The molecule has 146 valence electrons. The lowest BCUT2D eigenvalue weighted by Gasteiger charge is -2.00. The first-order valence-corrected chi connectivity index (χ1v) is 10.0. The molecule has 2 heterocycles. The number of aromatic nitrogens is 2. The monoisotopic (exact) mass is 412 g/mol. The summed E-state index contributed by atoms with van der Waals surface area (Å²) in [6, 6.07) is 22.2. The Kier molecular flexibility index (Phi) is 5.50. The lowest BCUT2D eigenvalue weighted by atomic mass is 10.0. The number of allylic oxidation sites excluding steroid dienone is 1. The van der Waals surface area contributed by atoms with E-state index in [1.165, 1.54) is 12.1 Å². The van der Waals surface area contributed by atoms with E-state index in [4.69, 9.17) is 5.10 Å². The fourth-order valence-electron chi connectivity index (χ4n) is 3.10. The molecule has 0 unspecified atom stereocenters. The van der Waals surface area contributed by atoms with Gasteiger partial charge in [-0.05, 0) is 40.8 Å². The van der Waals surface area contributed by atoms with Gasteiger partial charge in [-0.3, -0.25) is 14.8 Å². The molecular weight excluding hydrogens is 396 g/mol. The third kappa shape index (κ3) is 4.19. The normalized spacial score (nSPS) is 11.2. The number of nitro benzene ring substituents is 1. The second kappa shape index (κ2) is 8.55. The van der Waals surface area contributed by atoms with Gasteiger partial charge in [-0.2, -0.15) is 10.4 Å². The lowest BCUT2D eigenvalue weighted by molar-refractivity contribution is -0.384. The molecule has 7 heteroatoms. The van der Waals surface area contributed by atoms with Crippen molar-refractivity contribution in [2.75, 3.05) is 0 Å². The van der Waals surface area contributed by atoms with E-state index in [-0.39, 0.29) is 5.69 Å². The Hall–Kier alpha value is -4.02. The van der Waals surface area contributed by atoms with Crippen LogP contribution in [0, 0.1) is 21.4 Å². The molecule has 0 aliphatic rings. The largest absolute Gasteiger partial charge is 0.269 e. The lowest BCUT2D eigenvalue weighted by Crippen LogP contribution is -1.99. The number of rotatable bonds is 6. The highest BCUT2D eigenvalue weighted by molar-refractivity contribution is 7.13. The van der Waals surface area contributed by atoms with Crippen molar-refractivity contribution in [2.24, 2.45) is 0 Å². The summed E-state index contributed by atoms with van der Waals surface area (Å²) in [5.41, 5.74) is 3.78. The molecule has 0 saturated carbocycles. The zero-order valence-electron chi connectivity index (χ0n) is 15.8. The first-order chi connectivity index (χ1) is 14.6. The highest BCUT2D eigenvalue weighted by Crippen LogP contribution is 2.30. The van der Waals surface area contributed by atoms with Crippen LogP contribution in [0.3, 0.4) is 0 Å². The summed E-state index contributed by atoms with van der Waals surface area (Å²) in [5, 5.41) is 27.3. The van der Waals surface area contributed by atoms with Gasteiger partial charge in [0.25, 0.3) is 5.69 Å². The van der Waals surface area contributed by atoms with Crippen LogP contribution in [0.1, 0.15) is 16.7 Å². The topological polar surface area (TPSA) is 84.8 Å². The summed E-state index contributed by atoms with van der Waals surface area (Å²) in [6.07, 6.45) is 3.70. The van der Waals surface area contributed by atoms with Crippen molar-refractivity contribution in [3.63, 3.8) is 0 Å². The molecule has 0 bridgehead atoms. The molecule has 6 nitrogen and oxygen atoms in total. The Balaban J connectivity index is 1.74. The van der Waals surface area contributed by atoms with Crippen LogP contribution in [0.2, 0.25) is 0 Å². The molecular formula is C23H16N4O2S. The van der Waals surface area contributed by atoms with Crippen LogP contribution in [-0.4, -0.2) is 14.7 Å². The van der Waals surface area contributed by atoms with Crippen molar-refractivity contribution in [3.05, 3.63) is 105 Å². The fraction of sp³-hybridized carbons (Fsp3) is 0.0435. The minimum absolute atomic E-state index is 0.00834. The summed E-state index contributed by atoms with van der Waals surface area (Å²) in [5.74, 6) is 0. The molecule has 0 aliphatic heterocycles. The van der Waals surface area contributed by atoms with E-state index in [1.807, 2.05) is 58.7 Å². The van der Waals surface area contributed by atoms with Gasteiger partial charge in [-0.1, -0.05) is 36.4 Å². The van der Waals surface area contributed by atoms with Gasteiger partial charge in [-0.15, -0.1) is 11.3 Å². The van der Waals surface area contributed by atoms with Crippen LogP contribution in [0.5, 0.6) is 0 Å². The second-order valence-corrected chi connectivity index (χ2v) is 7.52. The minimum atomic E-state index is -0.456. The predicted octanol–water partition coefficient (Wildman–Crippen LogP) is 5.63. The average Bonchev–Trinajstić information content (AvgIpc) is 3.42. The van der Waals surface area contributed by atoms with Crippen LogP contribution in [0.25, 0.3) is 22.2 Å². The predicted molar refractivity (Wildman–Crippen MR) is 118 cm³/mol. The maximum absolute atomic E-state index is 10.9. The molecule has 0 spiro atoms. The Morgan fingerprint density at radius 3 is 2.53 bits per heavy atom. The van der Waals surface area contributed by atoms with E-state index in [0.29, 0.717) is 17.7 Å². The smallest absolute Gasteiger partial charge is 0.267 e. The number of thiophene rings is 1. The van der Waals surface area contributed by atoms with Crippen molar-refractivity contribution in [1.82, 2.24) is 9.78 Å². The number of nitrogens with zero attached hydrogens (tertiary/aromatic N) is 4. The number of non-ortho nitro benzene ring substituents is 1. The first-order valence-electron chi connectivity index (χ1n) is 9.16. The third-order valence-corrected chi connectivity index (χ3v) is 5.42. The molecule has 0 atom stereocenters. The van der Waals surface area contributed by atoms with Crippen molar-refractivity contribution < 1.29 is 4.92 Å². The highest BCUT2D eigenvalue weighted by atomic mass is 32.1. The Labute approximate surface area is 177 Å². The Morgan fingerprint density at radius 2 is 1.90 bits per heavy atom. The van der Waals surface area contributed by atoms with E-state index < -0.39 is 4.92 Å². The van der Waals surface area contributed by atoms with Crippen LogP contribution in [0.4, 0.5) is 5.69 Å². The zero-order valence-corrected chi connectivity index (χ0v) is 16.6. The average molecular weight is 412 g/mol. The number of nitriles is 1. The molecule has 0 radical (unpaired) electrons. The van der Waals surface area contributed by atoms with Gasteiger partial charge in [0.05, 0.1) is 28.0 Å². The summed E-state index contributed by atoms with van der Waals surface area (Å²) in [7, 11) is 0. The van der Waals surface area contributed by atoms with Crippen molar-refractivity contribution in [1.29, 1.82) is 5.26 Å². The maximum Gasteiger partial charge on any atom is 0.269 e. The van der Waals surface area contributed by atoms with Gasteiger partial charge in [0.2, 0.25) is 0 Å². The van der Waals surface area contributed by atoms with E-state index in [2.05, 4.69) is 6.07 Å². The molecule has 2 aromatic carbocycles. The van der Waals surface area contributed by atoms with Crippen LogP contribution in [0.15, 0.2) is 78.3 Å². The summed E-state index contributed by atoms with van der Waals surface area (Å²) < 4.78 is 1.86. The molecule has 0 N–H and O–H groups in total. The first kappa shape index (κ1) is 19.3. The van der Waals surface area contributed by atoms with Gasteiger partial charge in [0.1, 0.15) is 5.69 Å². The third-order valence-electron chi connectivity index (χ3n) is 4.54. The van der Waals surface area contributed by atoms with E-state index >= 15 is 0 Å². The van der Waals surface area contributed by atoms with Gasteiger partial charge >= 0.3 is 0 Å². The molecule has 0 aliphatic carbocycles. The van der Waals surface area contributed by atoms with E-state index in [1.54, 1.807) is 29.5 Å². The second-order valence-electron chi connectivity index (χ2n) is 6.57. The zero-order chi connectivity index (χ0) is 20.9. The number of hydrogen-bond donors (Lipinski definition) is 0. The molecule has 0 amide bonds. The summed E-state index contributed by atoms with van der Waals surface area (Å²) >= 11 is 1.58. The van der Waals surface area contributed by atoms with E-state index in [0.717, 1.165) is 21.7 Å². The summed E-state index contributed by atoms with van der Waals surface area (Å²) in [4.78, 5) is 11.4. The number of nitro groups is 1. The van der Waals surface area contributed by atoms with Gasteiger partial charge in [0, 0.05) is 23.9 Å². The van der Waals surface area contributed by atoms with Gasteiger partial charge < -0.3 is 0 Å². The standard InChI is InChI=1S/C23H16N4O2S/c24-14-19(18-8-10-21(11-9-18)27(28)29)13-20-16-26(15-17-5-2-1-3-6-17)25-23(20)22-7-4-12-30-22/h1-13,16H,15H2/b19-13+. The SMILES string of the molecule is N#C/C(=C\c1cn(Cc2ccccc2)nc1-c1cccs1)c1ccc([N+](=O)[O-])cc1. The van der Waals surface area contributed by atoms with Crippen LogP contribution >= 0.6 is 11.3 Å². The molecule has 0 saturated heterocycles. The Morgan fingerprint density at radius 1 is 1.13 bits per heavy atom. The summed E-state index contributed by atoms with van der Waals surface area (Å²) in [6.45, 7) is 0.618. The Bertz CT molecular complexity index is 1230. The highest BCUT2D eigenvalue weighted by Gasteiger charge is 2.13. The molecule has 2 aromatic heterocycles. The molecule has 0 fully saturated rings. The van der Waals surface area contributed by atoms with E-state index in [9.17, 15) is 15.4 Å². The quantitative estimate of drug-likeness (QED) is 0.233. The number of hydrogen-bond acceptors (Lipinski definition) is 5. The molecule has 4 aromatic rings. The molecule has 30 heavy (non-hydrogen) atoms. The molecule has 4 rings (SSSR count). The van der Waals surface area contributed by atoms with Crippen molar-refractivity contribution in [2.45, 2.75) is 6.54 Å². The van der Waals surface area contributed by atoms with Crippen LogP contribution in [-0.2, 0) is 6.54 Å². The van der Waals surface area contributed by atoms with Gasteiger partial charge in [0.15, 0.2) is 0 Å². The van der Waals surface area contributed by atoms with Crippen molar-refractivity contribution in [3.8, 4) is 16.6 Å². The minimum Gasteiger partial charge on any atom is -0.267 e. The fourth-order valence-corrected chi connectivity index (χ4v) is 3.83. The van der Waals surface area contributed by atoms with Crippen LogP contribution < -0.4 is 0 Å². The maximum atomic E-state index is 10.9. The van der Waals surface area contributed by atoms with Gasteiger partial charge in [-0.25, -0.2) is 0 Å².